The Morgan fingerprint density at radius 1 is 1.50 bits per heavy atom. The lowest BCUT2D eigenvalue weighted by atomic mass is 10.1. The second kappa shape index (κ2) is 5.23. The summed E-state index contributed by atoms with van der Waals surface area (Å²) in [4.78, 5) is 0. The normalized spacial score (nSPS) is 26.1. The molecule has 1 fully saturated rings. The van der Waals surface area contributed by atoms with Crippen LogP contribution in [0.2, 0.25) is 0 Å². The molecule has 0 spiro atoms. The maximum Gasteiger partial charge on any atom is 0.389 e. The molecule has 2 unspecified atom stereocenters. The molecular formula is C8H14F3NOS. The molecular weight excluding hydrogens is 215 g/mol. The van der Waals surface area contributed by atoms with Crippen LogP contribution in [-0.4, -0.2) is 36.4 Å². The van der Waals surface area contributed by atoms with Crippen LogP contribution in [0.15, 0.2) is 0 Å². The molecule has 84 valence electrons. The van der Waals surface area contributed by atoms with Crippen molar-refractivity contribution in [3.63, 3.8) is 0 Å². The Balaban J connectivity index is 2.23. The fraction of sp³-hybridized carbons (Fsp3) is 1.00. The zero-order valence-corrected chi connectivity index (χ0v) is 8.53. The van der Waals surface area contributed by atoms with Crippen LogP contribution in [-0.2, 0) is 4.74 Å². The highest BCUT2D eigenvalue weighted by Crippen LogP contribution is 2.24. The Labute approximate surface area is 85.4 Å². The monoisotopic (exact) mass is 229 g/mol. The third-order valence-corrected chi connectivity index (χ3v) is 3.10. The van der Waals surface area contributed by atoms with Crippen molar-refractivity contribution in [1.29, 1.82) is 0 Å². The van der Waals surface area contributed by atoms with Gasteiger partial charge in [0.15, 0.2) is 0 Å². The molecule has 0 aromatic carbocycles. The molecule has 2 atom stereocenters. The van der Waals surface area contributed by atoms with E-state index in [1.54, 1.807) is 11.8 Å². The van der Waals surface area contributed by atoms with Gasteiger partial charge in [0.05, 0.1) is 12.7 Å². The van der Waals surface area contributed by atoms with Gasteiger partial charge in [-0.2, -0.15) is 24.9 Å². The van der Waals surface area contributed by atoms with Crippen molar-refractivity contribution in [2.75, 3.05) is 18.1 Å². The molecule has 14 heavy (non-hydrogen) atoms. The third-order valence-electron chi connectivity index (χ3n) is 2.08. The SMILES string of the molecule is NC(CCC(F)(F)F)C1CSCCO1. The summed E-state index contributed by atoms with van der Waals surface area (Å²) in [6, 6.07) is -0.496. The number of halogens is 3. The van der Waals surface area contributed by atoms with Crippen LogP contribution < -0.4 is 5.73 Å². The van der Waals surface area contributed by atoms with E-state index in [9.17, 15) is 13.2 Å². The van der Waals surface area contributed by atoms with Crippen LogP contribution in [0.1, 0.15) is 12.8 Å². The third kappa shape index (κ3) is 4.52. The van der Waals surface area contributed by atoms with Crippen molar-refractivity contribution < 1.29 is 17.9 Å². The molecule has 1 aliphatic rings. The summed E-state index contributed by atoms with van der Waals surface area (Å²) < 4.78 is 40.9. The largest absolute Gasteiger partial charge is 0.389 e. The van der Waals surface area contributed by atoms with Crippen molar-refractivity contribution in [2.24, 2.45) is 5.73 Å². The molecule has 1 aliphatic heterocycles. The highest BCUT2D eigenvalue weighted by Gasteiger charge is 2.30. The van der Waals surface area contributed by atoms with Gasteiger partial charge in [-0.15, -0.1) is 0 Å². The number of hydrogen-bond donors (Lipinski definition) is 1. The van der Waals surface area contributed by atoms with Crippen LogP contribution in [0.4, 0.5) is 13.2 Å². The summed E-state index contributed by atoms with van der Waals surface area (Å²) in [5.41, 5.74) is 5.62. The van der Waals surface area contributed by atoms with E-state index < -0.39 is 18.6 Å². The number of hydrogen-bond acceptors (Lipinski definition) is 3. The fourth-order valence-electron chi connectivity index (χ4n) is 1.27. The van der Waals surface area contributed by atoms with E-state index in [-0.39, 0.29) is 12.5 Å². The molecule has 1 saturated heterocycles. The summed E-state index contributed by atoms with van der Waals surface area (Å²) >= 11 is 1.68. The number of ether oxygens (including phenoxy) is 1. The lowest BCUT2D eigenvalue weighted by molar-refractivity contribution is -0.137. The van der Waals surface area contributed by atoms with Gasteiger partial charge in [-0.1, -0.05) is 0 Å². The molecule has 0 aromatic rings. The summed E-state index contributed by atoms with van der Waals surface area (Å²) in [5.74, 6) is 1.61. The molecule has 1 rings (SSSR count). The first-order chi connectivity index (χ1) is 6.49. The minimum atomic E-state index is -4.11. The van der Waals surface area contributed by atoms with Crippen molar-refractivity contribution in [1.82, 2.24) is 0 Å². The van der Waals surface area contributed by atoms with Crippen LogP contribution in [0.25, 0.3) is 0 Å². The molecule has 1 heterocycles. The van der Waals surface area contributed by atoms with Gasteiger partial charge in [-0.05, 0) is 6.42 Å². The molecule has 0 bridgehead atoms. The van der Waals surface area contributed by atoms with Crippen molar-refractivity contribution in [2.45, 2.75) is 31.2 Å². The lowest BCUT2D eigenvalue weighted by Crippen LogP contribution is -2.41. The molecule has 6 heteroatoms. The topological polar surface area (TPSA) is 35.2 Å². The fourth-order valence-corrected chi connectivity index (χ4v) is 2.23. The van der Waals surface area contributed by atoms with E-state index >= 15 is 0 Å². The Bertz CT molecular complexity index is 170. The standard InChI is InChI=1S/C8H14F3NOS/c9-8(10,11)2-1-6(12)7-5-14-4-3-13-7/h6-7H,1-5,12H2. The second-order valence-corrected chi connectivity index (χ2v) is 4.45. The van der Waals surface area contributed by atoms with Crippen LogP contribution in [0, 0.1) is 0 Å². The minimum absolute atomic E-state index is 0.0469. The Kier molecular flexibility index (Phi) is 4.53. The van der Waals surface area contributed by atoms with Gasteiger partial charge in [-0.3, -0.25) is 0 Å². The van der Waals surface area contributed by atoms with E-state index in [1.807, 2.05) is 0 Å². The van der Waals surface area contributed by atoms with Gasteiger partial charge in [-0.25, -0.2) is 0 Å². The first-order valence-corrected chi connectivity index (χ1v) is 5.66. The highest BCUT2D eigenvalue weighted by atomic mass is 32.2. The zero-order valence-electron chi connectivity index (χ0n) is 7.72. The Morgan fingerprint density at radius 3 is 2.71 bits per heavy atom. The molecule has 0 radical (unpaired) electrons. The predicted octanol–water partition coefficient (Wildman–Crippen LogP) is 1.79. The molecule has 2 nitrogen and oxygen atoms in total. The van der Waals surface area contributed by atoms with Crippen LogP contribution in [0.5, 0.6) is 0 Å². The van der Waals surface area contributed by atoms with Gasteiger partial charge in [0.2, 0.25) is 0 Å². The van der Waals surface area contributed by atoms with Gasteiger partial charge in [0.1, 0.15) is 0 Å². The van der Waals surface area contributed by atoms with E-state index in [2.05, 4.69) is 0 Å². The number of thioether (sulfide) groups is 1. The van der Waals surface area contributed by atoms with E-state index in [0.717, 1.165) is 5.75 Å². The van der Waals surface area contributed by atoms with E-state index in [1.165, 1.54) is 0 Å². The van der Waals surface area contributed by atoms with E-state index in [4.69, 9.17) is 10.5 Å². The smallest absolute Gasteiger partial charge is 0.375 e. The maximum atomic E-state index is 11.9. The molecule has 0 aliphatic carbocycles. The zero-order chi connectivity index (χ0) is 10.6. The summed E-state index contributed by atoms with van der Waals surface area (Å²) in [6.45, 7) is 0.592. The molecule has 2 N–H and O–H groups in total. The average molecular weight is 229 g/mol. The van der Waals surface area contributed by atoms with Crippen LogP contribution in [0.3, 0.4) is 0 Å². The van der Waals surface area contributed by atoms with Gasteiger partial charge in [0, 0.05) is 24.0 Å². The quantitative estimate of drug-likeness (QED) is 0.801. The Hall–Kier alpha value is 0.0600. The summed E-state index contributed by atoms with van der Waals surface area (Å²) in [7, 11) is 0. The number of alkyl halides is 3. The first-order valence-electron chi connectivity index (χ1n) is 4.51. The molecule has 0 amide bonds. The first kappa shape index (κ1) is 12.1. The van der Waals surface area contributed by atoms with Gasteiger partial charge in [0.25, 0.3) is 0 Å². The van der Waals surface area contributed by atoms with Crippen molar-refractivity contribution in [3.8, 4) is 0 Å². The molecule has 0 aromatic heterocycles. The molecule has 0 saturated carbocycles. The lowest BCUT2D eigenvalue weighted by Gasteiger charge is -2.27. The predicted molar refractivity (Wildman–Crippen MR) is 50.3 cm³/mol. The van der Waals surface area contributed by atoms with Gasteiger partial charge >= 0.3 is 6.18 Å². The van der Waals surface area contributed by atoms with Crippen LogP contribution >= 0.6 is 11.8 Å². The van der Waals surface area contributed by atoms with Crippen molar-refractivity contribution >= 4 is 11.8 Å². The van der Waals surface area contributed by atoms with E-state index in [0.29, 0.717) is 12.4 Å². The van der Waals surface area contributed by atoms with Crippen molar-refractivity contribution in [3.05, 3.63) is 0 Å². The highest BCUT2D eigenvalue weighted by molar-refractivity contribution is 7.99. The Morgan fingerprint density at radius 2 is 2.21 bits per heavy atom. The van der Waals surface area contributed by atoms with Gasteiger partial charge < -0.3 is 10.5 Å². The second-order valence-electron chi connectivity index (χ2n) is 3.30. The number of nitrogens with two attached hydrogens (primary N) is 1. The minimum Gasteiger partial charge on any atom is -0.375 e. The average Bonchev–Trinajstić information content (AvgIpc) is 2.14. The number of rotatable bonds is 3. The summed E-state index contributed by atoms with van der Waals surface area (Å²) in [5, 5.41) is 0. The summed E-state index contributed by atoms with van der Waals surface area (Å²) in [6.07, 6.45) is -5.19. The maximum absolute atomic E-state index is 11.9.